The molecule has 0 aromatic heterocycles. The van der Waals surface area contributed by atoms with Gasteiger partial charge in [0.25, 0.3) is 5.91 Å². The van der Waals surface area contributed by atoms with Crippen LogP contribution in [0.25, 0.3) is 0 Å². The van der Waals surface area contributed by atoms with E-state index in [0.29, 0.717) is 25.5 Å². The van der Waals surface area contributed by atoms with E-state index in [1.54, 1.807) is 0 Å². The summed E-state index contributed by atoms with van der Waals surface area (Å²) in [7, 11) is 0. The Hall–Kier alpha value is -1.59. The predicted molar refractivity (Wildman–Crippen MR) is 98.1 cm³/mol. The molecule has 1 atom stereocenters. The minimum Gasteiger partial charge on any atom is -0.484 e. The van der Waals surface area contributed by atoms with Crippen molar-refractivity contribution >= 4 is 5.91 Å². The number of carbonyl (C=O) groups excluding carboxylic acids is 1. The van der Waals surface area contributed by atoms with Crippen molar-refractivity contribution in [1.82, 2.24) is 5.32 Å². The molecule has 1 aromatic rings. The lowest BCUT2D eigenvalue weighted by Crippen LogP contribution is -2.30. The molecule has 5 heteroatoms. The van der Waals surface area contributed by atoms with Crippen molar-refractivity contribution in [2.24, 2.45) is 0 Å². The number of nitrogens with one attached hydrogen (secondary N) is 1. The maximum atomic E-state index is 11.8. The van der Waals surface area contributed by atoms with E-state index >= 15 is 0 Å². The Morgan fingerprint density at radius 1 is 1.28 bits per heavy atom. The molecule has 0 saturated carbocycles. The zero-order chi connectivity index (χ0) is 18.1. The molecule has 5 nitrogen and oxygen atoms in total. The van der Waals surface area contributed by atoms with Crippen molar-refractivity contribution < 1.29 is 19.0 Å². The summed E-state index contributed by atoms with van der Waals surface area (Å²) >= 11 is 0. The summed E-state index contributed by atoms with van der Waals surface area (Å²) in [5.41, 5.74) is 1.36. The standard InChI is InChI=1S/C20H31NO4/c1-20(2,3)16-7-9-17(10-8-16)25-15-19(22)21-11-5-12-23-14-18-6-4-13-24-18/h7-10,18H,4-6,11-15H2,1-3H3,(H,21,22). The molecular formula is C20H31NO4. The summed E-state index contributed by atoms with van der Waals surface area (Å²) in [6, 6.07) is 7.90. The lowest BCUT2D eigenvalue weighted by Gasteiger charge is -2.19. The molecule has 1 saturated heterocycles. The molecule has 1 N–H and O–H groups in total. The fourth-order valence-corrected chi connectivity index (χ4v) is 2.64. The van der Waals surface area contributed by atoms with Crippen molar-refractivity contribution in [2.75, 3.05) is 33.0 Å². The van der Waals surface area contributed by atoms with Gasteiger partial charge < -0.3 is 19.5 Å². The number of amides is 1. The van der Waals surface area contributed by atoms with E-state index < -0.39 is 0 Å². The molecule has 1 amide bonds. The molecule has 1 aliphatic rings. The Morgan fingerprint density at radius 3 is 2.68 bits per heavy atom. The topological polar surface area (TPSA) is 56.8 Å². The second-order valence-electron chi connectivity index (χ2n) is 7.48. The van der Waals surface area contributed by atoms with Crippen molar-refractivity contribution in [3.05, 3.63) is 29.8 Å². The summed E-state index contributed by atoms with van der Waals surface area (Å²) in [4.78, 5) is 11.8. The van der Waals surface area contributed by atoms with Crippen LogP contribution >= 0.6 is 0 Å². The average Bonchev–Trinajstić information content (AvgIpc) is 3.09. The number of rotatable bonds is 9. The Kier molecular flexibility index (Phi) is 7.72. The lowest BCUT2D eigenvalue weighted by atomic mass is 9.87. The van der Waals surface area contributed by atoms with Gasteiger partial charge in [-0.25, -0.2) is 0 Å². The van der Waals surface area contributed by atoms with E-state index in [1.807, 2.05) is 24.3 Å². The van der Waals surface area contributed by atoms with E-state index in [9.17, 15) is 4.79 Å². The molecule has 0 bridgehead atoms. The van der Waals surface area contributed by atoms with Crippen molar-refractivity contribution in [2.45, 2.75) is 51.6 Å². The highest BCUT2D eigenvalue weighted by molar-refractivity contribution is 5.77. The molecule has 0 spiro atoms. The fourth-order valence-electron chi connectivity index (χ4n) is 2.64. The van der Waals surface area contributed by atoms with E-state index in [0.717, 1.165) is 25.9 Å². The molecule has 1 heterocycles. The number of benzene rings is 1. The van der Waals surface area contributed by atoms with E-state index in [1.165, 1.54) is 5.56 Å². The molecule has 2 rings (SSSR count). The van der Waals surface area contributed by atoms with Gasteiger partial charge >= 0.3 is 0 Å². The van der Waals surface area contributed by atoms with Crippen LogP contribution < -0.4 is 10.1 Å². The molecule has 25 heavy (non-hydrogen) atoms. The first-order chi connectivity index (χ1) is 11.9. The smallest absolute Gasteiger partial charge is 0.257 e. The Bertz CT molecular complexity index is 515. The van der Waals surface area contributed by atoms with Gasteiger partial charge in [-0.15, -0.1) is 0 Å². The van der Waals surface area contributed by atoms with Gasteiger partial charge in [-0.1, -0.05) is 32.9 Å². The molecule has 140 valence electrons. The minimum absolute atomic E-state index is 0.0334. The first-order valence-electron chi connectivity index (χ1n) is 9.14. The van der Waals surface area contributed by atoms with Crippen LogP contribution in [0.5, 0.6) is 5.75 Å². The van der Waals surface area contributed by atoms with E-state index in [2.05, 4.69) is 26.1 Å². The van der Waals surface area contributed by atoms with Gasteiger partial charge in [0, 0.05) is 19.8 Å². The van der Waals surface area contributed by atoms with Crippen molar-refractivity contribution in [3.8, 4) is 5.75 Å². The number of hydrogen-bond acceptors (Lipinski definition) is 4. The zero-order valence-corrected chi connectivity index (χ0v) is 15.7. The molecule has 0 radical (unpaired) electrons. The van der Waals surface area contributed by atoms with Crippen LogP contribution in [0.3, 0.4) is 0 Å². The van der Waals surface area contributed by atoms with E-state index in [4.69, 9.17) is 14.2 Å². The molecule has 1 aromatic carbocycles. The third-order valence-corrected chi connectivity index (χ3v) is 4.21. The molecular weight excluding hydrogens is 318 g/mol. The predicted octanol–water partition coefficient (Wildman–Crippen LogP) is 3.06. The average molecular weight is 349 g/mol. The highest BCUT2D eigenvalue weighted by Crippen LogP contribution is 2.24. The monoisotopic (exact) mass is 349 g/mol. The van der Waals surface area contributed by atoms with Crippen LogP contribution in [0, 0.1) is 0 Å². The van der Waals surface area contributed by atoms with Crippen molar-refractivity contribution in [1.29, 1.82) is 0 Å². The molecule has 1 unspecified atom stereocenters. The van der Waals surface area contributed by atoms with E-state index in [-0.39, 0.29) is 24.0 Å². The van der Waals surface area contributed by atoms with Gasteiger partial charge in [-0.3, -0.25) is 4.79 Å². The Labute approximate surface area is 151 Å². The number of hydrogen-bond donors (Lipinski definition) is 1. The van der Waals surface area contributed by atoms with Gasteiger partial charge in [0.05, 0.1) is 12.7 Å². The van der Waals surface area contributed by atoms with Crippen LogP contribution in [0.2, 0.25) is 0 Å². The third kappa shape index (κ3) is 7.45. The van der Waals surface area contributed by atoms with Gasteiger partial charge in [-0.05, 0) is 42.4 Å². The normalized spacial score (nSPS) is 17.5. The van der Waals surface area contributed by atoms with Gasteiger partial charge in [0.1, 0.15) is 5.75 Å². The SMILES string of the molecule is CC(C)(C)c1ccc(OCC(=O)NCCCOCC2CCCO2)cc1. The number of ether oxygens (including phenoxy) is 3. The second kappa shape index (κ2) is 9.78. The maximum Gasteiger partial charge on any atom is 0.257 e. The highest BCUT2D eigenvalue weighted by atomic mass is 16.5. The maximum absolute atomic E-state index is 11.8. The first-order valence-corrected chi connectivity index (χ1v) is 9.14. The van der Waals surface area contributed by atoms with Crippen LogP contribution in [-0.4, -0.2) is 45.0 Å². The Morgan fingerprint density at radius 2 is 2.04 bits per heavy atom. The highest BCUT2D eigenvalue weighted by Gasteiger charge is 2.15. The quantitative estimate of drug-likeness (QED) is 0.696. The third-order valence-electron chi connectivity index (χ3n) is 4.21. The zero-order valence-electron chi connectivity index (χ0n) is 15.7. The summed E-state index contributed by atoms with van der Waals surface area (Å²) in [6.45, 7) is 9.27. The van der Waals surface area contributed by atoms with Gasteiger partial charge in [-0.2, -0.15) is 0 Å². The first kappa shape index (κ1) is 19.7. The lowest BCUT2D eigenvalue weighted by molar-refractivity contribution is -0.123. The van der Waals surface area contributed by atoms with Crippen molar-refractivity contribution in [3.63, 3.8) is 0 Å². The fraction of sp³-hybridized carbons (Fsp3) is 0.650. The van der Waals surface area contributed by atoms with Crippen LogP contribution in [0.4, 0.5) is 0 Å². The van der Waals surface area contributed by atoms with Gasteiger partial charge in [0.15, 0.2) is 6.61 Å². The Balaban J connectivity index is 1.53. The number of carbonyl (C=O) groups is 1. The summed E-state index contributed by atoms with van der Waals surface area (Å²) in [6.07, 6.45) is 3.26. The summed E-state index contributed by atoms with van der Waals surface area (Å²) < 4.78 is 16.6. The minimum atomic E-state index is -0.112. The largest absolute Gasteiger partial charge is 0.484 e. The summed E-state index contributed by atoms with van der Waals surface area (Å²) in [5, 5.41) is 2.84. The van der Waals surface area contributed by atoms with Crippen LogP contribution in [0.15, 0.2) is 24.3 Å². The molecule has 1 aliphatic heterocycles. The molecule has 0 aliphatic carbocycles. The van der Waals surface area contributed by atoms with Crippen LogP contribution in [0.1, 0.15) is 45.6 Å². The van der Waals surface area contributed by atoms with Gasteiger partial charge in [0.2, 0.25) is 0 Å². The second-order valence-corrected chi connectivity index (χ2v) is 7.48. The van der Waals surface area contributed by atoms with Crippen LogP contribution in [-0.2, 0) is 19.7 Å². The molecule has 1 fully saturated rings. The summed E-state index contributed by atoms with van der Waals surface area (Å²) in [5.74, 6) is 0.599.